The third kappa shape index (κ3) is 4.83. The predicted octanol–water partition coefficient (Wildman–Crippen LogP) is 7.45. The van der Waals surface area contributed by atoms with Crippen LogP contribution >= 0.6 is 23.8 Å². The SMILES string of the molecule is CC(C)C(=O)Nc1ccc(N2C(=S)N[C@H](c3ccccn3)[C@H]2c2cccn2-c2ccc3ccccc3c2)cc1Cl. The molecule has 1 saturated heterocycles. The van der Waals surface area contributed by atoms with Crippen LogP contribution in [0.2, 0.25) is 5.02 Å². The summed E-state index contributed by atoms with van der Waals surface area (Å²) in [5.41, 5.74) is 4.38. The largest absolute Gasteiger partial charge is 0.351 e. The molecule has 2 aromatic heterocycles. The van der Waals surface area contributed by atoms with Crippen molar-refractivity contribution < 1.29 is 4.79 Å². The van der Waals surface area contributed by atoms with Crippen molar-refractivity contribution in [2.75, 3.05) is 10.2 Å². The number of hydrogen-bond acceptors (Lipinski definition) is 3. The fourth-order valence-corrected chi connectivity index (χ4v) is 5.73. The Labute approximate surface area is 243 Å². The lowest BCUT2D eigenvalue weighted by atomic mass is 10.0. The topological polar surface area (TPSA) is 62.2 Å². The second-order valence-corrected chi connectivity index (χ2v) is 10.9. The van der Waals surface area contributed by atoms with Gasteiger partial charge in [0.15, 0.2) is 5.11 Å². The Morgan fingerprint density at radius 3 is 2.48 bits per heavy atom. The monoisotopic (exact) mass is 565 g/mol. The number of anilines is 2. The molecule has 1 amide bonds. The summed E-state index contributed by atoms with van der Waals surface area (Å²) >= 11 is 12.6. The minimum Gasteiger partial charge on any atom is -0.351 e. The zero-order valence-corrected chi connectivity index (χ0v) is 23.7. The van der Waals surface area contributed by atoms with Crippen molar-refractivity contribution in [2.24, 2.45) is 5.92 Å². The zero-order chi connectivity index (χ0) is 27.8. The highest BCUT2D eigenvalue weighted by Gasteiger charge is 2.42. The number of carbonyl (C=O) groups excluding carboxylic acids is 1. The van der Waals surface area contributed by atoms with Gasteiger partial charge in [0.05, 0.1) is 22.4 Å². The lowest BCUT2D eigenvalue weighted by Gasteiger charge is -2.29. The molecule has 1 aliphatic heterocycles. The van der Waals surface area contributed by atoms with Gasteiger partial charge in [0.25, 0.3) is 0 Å². The molecule has 2 atom stereocenters. The fourth-order valence-electron chi connectivity index (χ4n) is 5.16. The van der Waals surface area contributed by atoms with Crippen LogP contribution in [0.25, 0.3) is 16.5 Å². The number of aromatic nitrogens is 2. The van der Waals surface area contributed by atoms with Crippen molar-refractivity contribution in [3.8, 4) is 5.69 Å². The van der Waals surface area contributed by atoms with Crippen molar-refractivity contribution >= 4 is 57.0 Å². The number of thiocarbonyl (C=S) groups is 1. The molecular formula is C32H28ClN5OS. The maximum atomic E-state index is 12.3. The van der Waals surface area contributed by atoms with Crippen LogP contribution in [0.3, 0.4) is 0 Å². The molecular weight excluding hydrogens is 538 g/mol. The predicted molar refractivity (Wildman–Crippen MR) is 166 cm³/mol. The van der Waals surface area contributed by atoms with E-state index in [9.17, 15) is 4.79 Å². The van der Waals surface area contributed by atoms with Crippen LogP contribution in [0.5, 0.6) is 0 Å². The first-order chi connectivity index (χ1) is 19.4. The number of nitrogens with one attached hydrogen (secondary N) is 2. The summed E-state index contributed by atoms with van der Waals surface area (Å²) in [6.07, 6.45) is 3.87. The highest BCUT2D eigenvalue weighted by atomic mass is 35.5. The molecule has 200 valence electrons. The second kappa shape index (κ2) is 10.8. The average molecular weight is 566 g/mol. The molecule has 0 radical (unpaired) electrons. The average Bonchev–Trinajstić information content (AvgIpc) is 3.58. The van der Waals surface area contributed by atoms with E-state index in [2.05, 4.69) is 79.8 Å². The standard InChI is InChI=1S/C32H28ClN5OS/c1-20(2)31(39)35-26-15-14-24(19-25(26)33)38-30(29(36-32(38)40)27-10-5-6-16-34-27)28-11-7-17-37(28)23-13-12-21-8-3-4-9-22(21)18-23/h3-20,29-30H,1-2H3,(H,35,39)(H,36,40)/t29-,30-/m1/s1. The highest BCUT2D eigenvalue weighted by molar-refractivity contribution is 7.80. The molecule has 5 aromatic rings. The van der Waals surface area contributed by atoms with Gasteiger partial charge in [-0.25, -0.2) is 0 Å². The Kier molecular flexibility index (Phi) is 7.00. The highest BCUT2D eigenvalue weighted by Crippen LogP contribution is 2.43. The van der Waals surface area contributed by atoms with Gasteiger partial charge < -0.3 is 20.1 Å². The second-order valence-electron chi connectivity index (χ2n) is 10.1. The van der Waals surface area contributed by atoms with E-state index in [1.54, 1.807) is 6.20 Å². The number of halogens is 1. The minimum atomic E-state index is -0.226. The molecule has 0 bridgehead atoms. The number of nitrogens with zero attached hydrogens (tertiary/aromatic N) is 3. The van der Waals surface area contributed by atoms with E-state index in [1.165, 1.54) is 10.8 Å². The lowest BCUT2D eigenvalue weighted by Crippen LogP contribution is -2.30. The summed E-state index contributed by atoms with van der Waals surface area (Å²) in [4.78, 5) is 19.1. The zero-order valence-electron chi connectivity index (χ0n) is 22.1. The van der Waals surface area contributed by atoms with Gasteiger partial charge in [-0.1, -0.05) is 61.8 Å². The van der Waals surface area contributed by atoms with E-state index < -0.39 is 0 Å². The van der Waals surface area contributed by atoms with Crippen LogP contribution in [0, 0.1) is 5.92 Å². The van der Waals surface area contributed by atoms with Gasteiger partial charge in [-0.2, -0.15) is 0 Å². The minimum absolute atomic E-state index is 0.0886. The van der Waals surface area contributed by atoms with Crippen LogP contribution in [0.1, 0.15) is 37.3 Å². The number of fused-ring (bicyclic) bond motifs is 1. The first-order valence-electron chi connectivity index (χ1n) is 13.2. The van der Waals surface area contributed by atoms with Crippen molar-refractivity contribution in [3.63, 3.8) is 0 Å². The van der Waals surface area contributed by atoms with Crippen molar-refractivity contribution in [1.29, 1.82) is 0 Å². The Morgan fingerprint density at radius 1 is 0.950 bits per heavy atom. The van der Waals surface area contributed by atoms with E-state index in [-0.39, 0.29) is 23.9 Å². The number of benzene rings is 3. The Balaban J connectivity index is 1.45. The van der Waals surface area contributed by atoms with Crippen LogP contribution in [0.4, 0.5) is 11.4 Å². The molecule has 2 N–H and O–H groups in total. The molecule has 1 fully saturated rings. The van der Waals surface area contributed by atoms with Gasteiger partial charge in [-0.05, 0) is 77.6 Å². The lowest BCUT2D eigenvalue weighted by molar-refractivity contribution is -0.118. The van der Waals surface area contributed by atoms with Crippen molar-refractivity contribution in [3.05, 3.63) is 120 Å². The molecule has 3 aromatic carbocycles. The van der Waals surface area contributed by atoms with Gasteiger partial charge in [-0.15, -0.1) is 0 Å². The maximum Gasteiger partial charge on any atom is 0.226 e. The third-order valence-electron chi connectivity index (χ3n) is 7.21. The Hall–Kier alpha value is -4.20. The summed E-state index contributed by atoms with van der Waals surface area (Å²) in [6, 6.07) is 30.1. The molecule has 6 nitrogen and oxygen atoms in total. The Morgan fingerprint density at radius 2 is 1.73 bits per heavy atom. The number of carbonyl (C=O) groups is 1. The van der Waals surface area contributed by atoms with E-state index >= 15 is 0 Å². The molecule has 0 unspecified atom stereocenters. The summed E-state index contributed by atoms with van der Waals surface area (Å²) < 4.78 is 2.20. The molecule has 3 heterocycles. The van der Waals surface area contributed by atoms with E-state index in [0.29, 0.717) is 15.8 Å². The van der Waals surface area contributed by atoms with Gasteiger partial charge in [0, 0.05) is 35.4 Å². The summed E-state index contributed by atoms with van der Waals surface area (Å²) in [7, 11) is 0. The molecule has 0 spiro atoms. The Bertz CT molecular complexity index is 1720. The molecule has 0 saturated carbocycles. The molecule has 1 aliphatic rings. The van der Waals surface area contributed by atoms with Gasteiger partial charge >= 0.3 is 0 Å². The smallest absolute Gasteiger partial charge is 0.226 e. The quantitative estimate of drug-likeness (QED) is 0.209. The third-order valence-corrected chi connectivity index (χ3v) is 7.83. The van der Waals surface area contributed by atoms with Crippen molar-refractivity contribution in [2.45, 2.75) is 25.9 Å². The number of hydrogen-bond donors (Lipinski definition) is 2. The first-order valence-corrected chi connectivity index (χ1v) is 14.0. The first kappa shape index (κ1) is 26.0. The van der Waals surface area contributed by atoms with Crippen LogP contribution in [0.15, 0.2) is 103 Å². The summed E-state index contributed by atoms with van der Waals surface area (Å²) in [5.74, 6) is -0.244. The van der Waals surface area contributed by atoms with Crippen LogP contribution in [-0.4, -0.2) is 20.6 Å². The number of amides is 1. The fraction of sp³-hybridized carbons (Fsp3) is 0.156. The van der Waals surface area contributed by atoms with E-state index in [4.69, 9.17) is 23.8 Å². The van der Waals surface area contributed by atoms with Crippen molar-refractivity contribution in [1.82, 2.24) is 14.9 Å². The van der Waals surface area contributed by atoms with Crippen LogP contribution < -0.4 is 15.5 Å². The van der Waals surface area contributed by atoms with Gasteiger partial charge in [-0.3, -0.25) is 9.78 Å². The number of rotatable bonds is 6. The summed E-state index contributed by atoms with van der Waals surface area (Å²) in [5, 5.41) is 9.80. The summed E-state index contributed by atoms with van der Waals surface area (Å²) in [6.45, 7) is 3.69. The maximum absolute atomic E-state index is 12.3. The molecule has 0 aliphatic carbocycles. The van der Waals surface area contributed by atoms with Gasteiger partial charge in [0.1, 0.15) is 6.04 Å². The normalized spacial score (nSPS) is 16.9. The van der Waals surface area contributed by atoms with Crippen LogP contribution in [-0.2, 0) is 4.79 Å². The molecule has 40 heavy (non-hydrogen) atoms. The molecule has 6 rings (SSSR count). The van der Waals surface area contributed by atoms with E-state index in [0.717, 1.165) is 22.8 Å². The van der Waals surface area contributed by atoms with E-state index in [1.807, 2.05) is 56.3 Å². The molecule has 8 heteroatoms. The van der Waals surface area contributed by atoms with Gasteiger partial charge in [0.2, 0.25) is 5.91 Å². The number of pyridine rings is 1.